The van der Waals surface area contributed by atoms with E-state index in [4.69, 9.17) is 0 Å². The van der Waals surface area contributed by atoms with Crippen LogP contribution in [0.5, 0.6) is 0 Å². The predicted octanol–water partition coefficient (Wildman–Crippen LogP) is 3.14. The number of hydrogen-bond acceptors (Lipinski definition) is 6. The zero-order valence-electron chi connectivity index (χ0n) is 31.8. The lowest BCUT2D eigenvalue weighted by Crippen LogP contribution is -2.62. The van der Waals surface area contributed by atoms with E-state index in [0.717, 1.165) is 24.0 Å². The number of carbonyl (C=O) groups is 6. The molecule has 0 aromatic heterocycles. The van der Waals surface area contributed by atoms with E-state index in [1.165, 1.54) is 6.08 Å². The summed E-state index contributed by atoms with van der Waals surface area (Å²) >= 11 is 0. The lowest BCUT2D eigenvalue weighted by Gasteiger charge is -2.38. The highest BCUT2D eigenvalue weighted by Gasteiger charge is 2.69. The summed E-state index contributed by atoms with van der Waals surface area (Å²) in [5, 5.41) is 11.5. The van der Waals surface area contributed by atoms with Crippen LogP contribution in [-0.2, 0) is 36.8 Å². The molecule has 0 radical (unpaired) electrons. The molecule has 12 heteroatoms. The van der Waals surface area contributed by atoms with Gasteiger partial charge >= 0.3 is 6.03 Å². The Morgan fingerprint density at radius 1 is 1.02 bits per heavy atom. The molecular formula is C40H58N6O6. The number of carbonyl (C=O) groups excluding carboxylic acids is 6. The SMILES string of the molecule is C=CCNC(=O)C(=O)C(CCC)NC(=O)C1C2C(CN1C(=O)C(NC(=O)N[C@H](CN1CCCCC1=O)C(C)(C)C)C1Cc3ccccc3C1)C2(C)C. The van der Waals surface area contributed by atoms with E-state index in [9.17, 15) is 28.8 Å². The van der Waals surface area contributed by atoms with E-state index in [-0.39, 0.29) is 59.4 Å². The topological polar surface area (TPSA) is 157 Å². The summed E-state index contributed by atoms with van der Waals surface area (Å²) < 4.78 is 0. The molecule has 1 aromatic carbocycles. The summed E-state index contributed by atoms with van der Waals surface area (Å²) in [7, 11) is 0. The van der Waals surface area contributed by atoms with Crippen molar-refractivity contribution < 1.29 is 28.8 Å². The fourth-order valence-corrected chi connectivity index (χ4v) is 8.58. The number of fused-ring (bicyclic) bond motifs is 2. The van der Waals surface area contributed by atoms with Crippen LogP contribution in [0.1, 0.15) is 84.8 Å². The van der Waals surface area contributed by atoms with Gasteiger partial charge in [-0.1, -0.05) is 78.3 Å². The van der Waals surface area contributed by atoms with Gasteiger partial charge in [0.05, 0.1) is 12.1 Å². The number of nitrogens with zero attached hydrogens (tertiary/aromatic N) is 2. The van der Waals surface area contributed by atoms with Crippen LogP contribution in [0.15, 0.2) is 36.9 Å². The van der Waals surface area contributed by atoms with Crippen LogP contribution in [0.2, 0.25) is 0 Å². The van der Waals surface area contributed by atoms with Crippen molar-refractivity contribution in [3.05, 3.63) is 48.0 Å². The number of benzene rings is 1. The smallest absolute Gasteiger partial charge is 0.315 e. The van der Waals surface area contributed by atoms with Gasteiger partial charge in [-0.15, -0.1) is 6.58 Å². The van der Waals surface area contributed by atoms with E-state index in [1.807, 2.05) is 56.9 Å². The lowest BCUT2D eigenvalue weighted by molar-refractivity contribution is -0.144. The molecule has 2 saturated heterocycles. The second kappa shape index (κ2) is 15.8. The number of urea groups is 1. The molecule has 284 valence electrons. The molecule has 5 rings (SSSR count). The Kier molecular flexibility index (Phi) is 11.8. The molecule has 2 aliphatic heterocycles. The minimum Gasteiger partial charge on any atom is -0.346 e. The van der Waals surface area contributed by atoms with E-state index in [0.29, 0.717) is 45.3 Å². The Morgan fingerprint density at radius 3 is 2.29 bits per heavy atom. The largest absolute Gasteiger partial charge is 0.346 e. The first-order valence-electron chi connectivity index (χ1n) is 19.0. The van der Waals surface area contributed by atoms with Crippen LogP contribution in [0.3, 0.4) is 0 Å². The summed E-state index contributed by atoms with van der Waals surface area (Å²) in [6.07, 6.45) is 5.78. The molecule has 6 atom stereocenters. The van der Waals surface area contributed by atoms with E-state index >= 15 is 0 Å². The molecule has 3 fully saturated rings. The molecule has 2 aliphatic carbocycles. The number of likely N-dealkylation sites (tertiary alicyclic amines) is 2. The molecule has 6 amide bonds. The molecule has 4 N–H and O–H groups in total. The van der Waals surface area contributed by atoms with Gasteiger partial charge in [0.25, 0.3) is 5.91 Å². The Balaban J connectivity index is 1.38. The zero-order valence-corrected chi connectivity index (χ0v) is 31.8. The van der Waals surface area contributed by atoms with Crippen molar-refractivity contribution in [2.24, 2.45) is 28.6 Å². The average molecular weight is 719 g/mol. The standard InChI is InChI=1S/C40H58N6O6/c1-8-14-28(34(48)36(50)41-18-9-2)42-35(49)33-31-27(40(31,6)7)22-46(33)37(51)32(26-20-24-15-10-11-16-25(24)21-26)44-38(52)43-29(39(3,4)5)23-45-19-13-12-17-30(45)47/h9-11,15-16,26-29,31-33H,2,8,12-14,17-23H2,1,3-7H3,(H,41,50)(H,42,49)(H2,43,44,52)/t27?,28?,29-,31?,32?,33?/m1/s1. The van der Waals surface area contributed by atoms with E-state index in [2.05, 4.69) is 41.7 Å². The van der Waals surface area contributed by atoms with Gasteiger partial charge in [-0.05, 0) is 71.8 Å². The van der Waals surface area contributed by atoms with Crippen molar-refractivity contribution in [3.63, 3.8) is 0 Å². The van der Waals surface area contributed by atoms with Gasteiger partial charge in [0, 0.05) is 32.6 Å². The molecule has 52 heavy (non-hydrogen) atoms. The maximum atomic E-state index is 14.8. The number of Topliss-reactive ketones (excluding diaryl/α,β-unsaturated/α-hetero) is 1. The molecule has 2 heterocycles. The van der Waals surface area contributed by atoms with Crippen molar-refractivity contribution in [2.75, 3.05) is 26.2 Å². The first-order chi connectivity index (χ1) is 24.6. The molecule has 5 unspecified atom stereocenters. The molecule has 4 aliphatic rings. The summed E-state index contributed by atoms with van der Waals surface area (Å²) in [5.74, 6) is -2.56. The van der Waals surface area contributed by atoms with Gasteiger partial charge < -0.3 is 31.1 Å². The first kappa shape index (κ1) is 39.0. The Bertz CT molecular complexity index is 1540. The molecule has 12 nitrogen and oxygen atoms in total. The quantitative estimate of drug-likeness (QED) is 0.171. The minimum atomic E-state index is -1.04. The number of amides is 6. The Labute approximate surface area is 308 Å². The molecule has 0 spiro atoms. The monoisotopic (exact) mass is 718 g/mol. The van der Waals surface area contributed by atoms with Gasteiger partial charge in [-0.3, -0.25) is 24.0 Å². The maximum absolute atomic E-state index is 14.8. The van der Waals surface area contributed by atoms with Crippen molar-refractivity contribution in [1.82, 2.24) is 31.1 Å². The number of piperidine rings is 2. The summed E-state index contributed by atoms with van der Waals surface area (Å²) in [4.78, 5) is 84.8. The van der Waals surface area contributed by atoms with Crippen molar-refractivity contribution in [1.29, 1.82) is 0 Å². The summed E-state index contributed by atoms with van der Waals surface area (Å²) in [5.41, 5.74) is 1.68. The summed E-state index contributed by atoms with van der Waals surface area (Å²) in [6, 6.07) is 4.32. The van der Waals surface area contributed by atoms with Crippen LogP contribution in [0, 0.1) is 28.6 Å². The third kappa shape index (κ3) is 8.36. The highest BCUT2D eigenvalue weighted by Crippen LogP contribution is 2.65. The molecule has 0 bridgehead atoms. The van der Waals surface area contributed by atoms with Gasteiger partial charge in [-0.25, -0.2) is 4.79 Å². The van der Waals surface area contributed by atoms with Crippen LogP contribution in [0.4, 0.5) is 4.79 Å². The second-order valence-corrected chi connectivity index (χ2v) is 16.8. The van der Waals surface area contributed by atoms with E-state index in [1.54, 1.807) is 4.90 Å². The van der Waals surface area contributed by atoms with Gasteiger partial charge in [0.2, 0.25) is 23.5 Å². The third-order valence-corrected chi connectivity index (χ3v) is 11.9. The van der Waals surface area contributed by atoms with Crippen LogP contribution >= 0.6 is 0 Å². The first-order valence-corrected chi connectivity index (χ1v) is 19.0. The lowest BCUT2D eigenvalue weighted by atomic mass is 9.86. The number of ketones is 1. The predicted molar refractivity (Wildman–Crippen MR) is 198 cm³/mol. The van der Waals surface area contributed by atoms with E-state index < -0.39 is 41.8 Å². The number of nitrogens with one attached hydrogen (secondary N) is 4. The third-order valence-electron chi connectivity index (χ3n) is 11.9. The average Bonchev–Trinajstić information content (AvgIpc) is 3.45. The van der Waals surface area contributed by atoms with Crippen LogP contribution in [0.25, 0.3) is 0 Å². The van der Waals surface area contributed by atoms with Gasteiger partial charge in [0.15, 0.2) is 0 Å². The zero-order chi connectivity index (χ0) is 38.0. The van der Waals surface area contributed by atoms with Crippen molar-refractivity contribution in [3.8, 4) is 0 Å². The van der Waals surface area contributed by atoms with Gasteiger partial charge in [-0.2, -0.15) is 0 Å². The Hall–Kier alpha value is -4.22. The highest BCUT2D eigenvalue weighted by atomic mass is 16.2. The Morgan fingerprint density at radius 2 is 1.69 bits per heavy atom. The van der Waals surface area contributed by atoms with Crippen molar-refractivity contribution in [2.45, 2.75) is 111 Å². The fourth-order valence-electron chi connectivity index (χ4n) is 8.58. The molecule has 1 saturated carbocycles. The fraction of sp³-hybridized carbons (Fsp3) is 0.650. The molecular weight excluding hydrogens is 660 g/mol. The normalized spacial score (nSPS) is 23.8. The van der Waals surface area contributed by atoms with Crippen LogP contribution < -0.4 is 21.3 Å². The van der Waals surface area contributed by atoms with Crippen LogP contribution in [-0.4, -0.2) is 95.6 Å². The molecule has 1 aromatic rings. The number of rotatable bonds is 14. The van der Waals surface area contributed by atoms with Crippen molar-refractivity contribution >= 4 is 35.4 Å². The second-order valence-electron chi connectivity index (χ2n) is 16.8. The van der Waals surface area contributed by atoms with Gasteiger partial charge in [0.1, 0.15) is 12.1 Å². The highest BCUT2D eigenvalue weighted by molar-refractivity contribution is 6.38. The minimum absolute atomic E-state index is 0.0750. The number of hydrogen-bond donors (Lipinski definition) is 4. The maximum Gasteiger partial charge on any atom is 0.315 e. The summed E-state index contributed by atoms with van der Waals surface area (Å²) in [6.45, 7) is 17.2.